The summed E-state index contributed by atoms with van der Waals surface area (Å²) in [6, 6.07) is 3.44. The second-order valence-electron chi connectivity index (χ2n) is 5.53. The molecule has 0 aliphatic carbocycles. The molecule has 1 fully saturated rings. The molecule has 4 heteroatoms. The lowest BCUT2D eigenvalue weighted by molar-refractivity contribution is 0.154. The lowest BCUT2D eigenvalue weighted by atomic mass is 10.0. The van der Waals surface area contributed by atoms with Crippen LogP contribution in [-0.2, 0) is 6.54 Å². The number of hydrogen-bond acceptors (Lipinski definition) is 2. The summed E-state index contributed by atoms with van der Waals surface area (Å²) in [5, 5.41) is 5.86. The summed E-state index contributed by atoms with van der Waals surface area (Å²) in [6.07, 6.45) is 8.49. The zero-order valence-corrected chi connectivity index (χ0v) is 13.8. The molecule has 3 nitrogen and oxygen atoms in total. The van der Waals surface area contributed by atoms with Crippen molar-refractivity contribution in [2.24, 2.45) is 0 Å². The standard InChI is InChI=1S/C15H26BrN3/c1-3-14(4-2)19-10-8-13(17-19)12-18-9-6-5-7-15(18)11-16/h8,10,14-15H,3-7,9,11-12H2,1-2H3. The molecular formula is C15H26BrN3. The van der Waals surface area contributed by atoms with Gasteiger partial charge in [-0.15, -0.1) is 0 Å². The van der Waals surface area contributed by atoms with Crippen molar-refractivity contribution in [2.45, 2.75) is 64.6 Å². The first-order valence-corrected chi connectivity index (χ1v) is 8.74. The average Bonchev–Trinajstić information content (AvgIpc) is 2.89. The molecule has 0 bridgehead atoms. The molecule has 19 heavy (non-hydrogen) atoms. The number of aromatic nitrogens is 2. The van der Waals surface area contributed by atoms with Gasteiger partial charge in [0.25, 0.3) is 0 Å². The first kappa shape index (κ1) is 15.0. The van der Waals surface area contributed by atoms with E-state index in [1.165, 1.54) is 31.5 Å². The van der Waals surface area contributed by atoms with Crippen LogP contribution in [0, 0.1) is 0 Å². The van der Waals surface area contributed by atoms with Gasteiger partial charge in [0.15, 0.2) is 0 Å². The molecule has 2 heterocycles. The van der Waals surface area contributed by atoms with Gasteiger partial charge in [-0.1, -0.05) is 36.2 Å². The van der Waals surface area contributed by atoms with Gasteiger partial charge in [0.2, 0.25) is 0 Å². The van der Waals surface area contributed by atoms with Crippen LogP contribution in [0.25, 0.3) is 0 Å². The smallest absolute Gasteiger partial charge is 0.0765 e. The van der Waals surface area contributed by atoms with Crippen molar-refractivity contribution in [3.05, 3.63) is 18.0 Å². The minimum Gasteiger partial charge on any atom is -0.294 e. The van der Waals surface area contributed by atoms with E-state index in [1.807, 2.05) is 0 Å². The van der Waals surface area contributed by atoms with Crippen molar-refractivity contribution in [3.8, 4) is 0 Å². The molecule has 0 radical (unpaired) electrons. The number of nitrogens with zero attached hydrogens (tertiary/aromatic N) is 3. The van der Waals surface area contributed by atoms with E-state index in [0.717, 1.165) is 24.7 Å². The Morgan fingerprint density at radius 3 is 2.84 bits per heavy atom. The summed E-state index contributed by atoms with van der Waals surface area (Å²) in [4.78, 5) is 2.58. The summed E-state index contributed by atoms with van der Waals surface area (Å²) >= 11 is 3.65. The summed E-state index contributed by atoms with van der Waals surface area (Å²) in [6.45, 7) is 6.69. The molecule has 1 aromatic heterocycles. The van der Waals surface area contributed by atoms with E-state index in [9.17, 15) is 0 Å². The molecule has 1 aromatic rings. The molecule has 1 aliphatic rings. The van der Waals surface area contributed by atoms with Gasteiger partial charge in [-0.2, -0.15) is 5.10 Å². The van der Waals surface area contributed by atoms with Crippen LogP contribution in [0.2, 0.25) is 0 Å². The second kappa shape index (κ2) is 7.44. The molecule has 1 aliphatic heterocycles. The van der Waals surface area contributed by atoms with Crippen LogP contribution in [0.1, 0.15) is 57.7 Å². The Kier molecular flexibility index (Phi) is 5.89. The number of piperidine rings is 1. The zero-order chi connectivity index (χ0) is 13.7. The van der Waals surface area contributed by atoms with Crippen LogP contribution in [0.5, 0.6) is 0 Å². The van der Waals surface area contributed by atoms with Gasteiger partial charge in [-0.3, -0.25) is 9.58 Å². The Bertz CT molecular complexity index is 373. The lowest BCUT2D eigenvalue weighted by Gasteiger charge is -2.34. The van der Waals surface area contributed by atoms with Crippen molar-refractivity contribution >= 4 is 15.9 Å². The molecule has 2 rings (SSSR count). The topological polar surface area (TPSA) is 21.1 Å². The maximum absolute atomic E-state index is 4.77. The third kappa shape index (κ3) is 3.82. The van der Waals surface area contributed by atoms with Gasteiger partial charge in [0.05, 0.1) is 11.7 Å². The monoisotopic (exact) mass is 327 g/mol. The molecule has 108 valence electrons. The molecule has 0 N–H and O–H groups in total. The Balaban J connectivity index is 1.98. The number of likely N-dealkylation sites (tertiary alicyclic amines) is 1. The Morgan fingerprint density at radius 2 is 2.16 bits per heavy atom. The SMILES string of the molecule is CCC(CC)n1ccc(CN2CCCCC2CBr)n1. The molecular weight excluding hydrogens is 302 g/mol. The highest BCUT2D eigenvalue weighted by Crippen LogP contribution is 2.21. The van der Waals surface area contributed by atoms with E-state index in [4.69, 9.17) is 5.10 Å². The van der Waals surface area contributed by atoms with Crippen molar-refractivity contribution in [1.82, 2.24) is 14.7 Å². The number of rotatable bonds is 6. The van der Waals surface area contributed by atoms with Gasteiger partial charge >= 0.3 is 0 Å². The van der Waals surface area contributed by atoms with E-state index in [1.54, 1.807) is 0 Å². The van der Waals surface area contributed by atoms with Crippen molar-refractivity contribution in [1.29, 1.82) is 0 Å². The average molecular weight is 328 g/mol. The normalized spacial score (nSPS) is 21.2. The predicted molar refractivity (Wildman–Crippen MR) is 83.7 cm³/mol. The fourth-order valence-corrected chi connectivity index (χ4v) is 3.71. The highest BCUT2D eigenvalue weighted by Gasteiger charge is 2.22. The lowest BCUT2D eigenvalue weighted by Crippen LogP contribution is -2.40. The summed E-state index contributed by atoms with van der Waals surface area (Å²) in [5.41, 5.74) is 1.22. The highest BCUT2D eigenvalue weighted by atomic mass is 79.9. The number of alkyl halides is 1. The molecule has 1 atom stereocenters. The first-order chi connectivity index (χ1) is 9.28. The van der Waals surface area contributed by atoms with Gasteiger partial charge < -0.3 is 0 Å². The van der Waals surface area contributed by atoms with Gasteiger partial charge in [0.1, 0.15) is 0 Å². The van der Waals surface area contributed by atoms with Crippen LogP contribution in [0.3, 0.4) is 0 Å². The third-order valence-corrected chi connectivity index (χ3v) is 5.02. The van der Waals surface area contributed by atoms with E-state index in [0.29, 0.717) is 12.1 Å². The molecule has 1 saturated heterocycles. The van der Waals surface area contributed by atoms with Crippen molar-refractivity contribution in [2.75, 3.05) is 11.9 Å². The fraction of sp³-hybridized carbons (Fsp3) is 0.800. The minimum absolute atomic E-state index is 0.557. The Morgan fingerprint density at radius 1 is 1.37 bits per heavy atom. The Labute approximate surface area is 125 Å². The Hall–Kier alpha value is -0.350. The molecule has 0 aromatic carbocycles. The third-order valence-electron chi connectivity index (χ3n) is 4.27. The zero-order valence-electron chi connectivity index (χ0n) is 12.2. The van der Waals surface area contributed by atoms with E-state index in [-0.39, 0.29) is 0 Å². The highest BCUT2D eigenvalue weighted by molar-refractivity contribution is 9.09. The first-order valence-electron chi connectivity index (χ1n) is 7.62. The van der Waals surface area contributed by atoms with E-state index < -0.39 is 0 Å². The largest absolute Gasteiger partial charge is 0.294 e. The van der Waals surface area contributed by atoms with Crippen LogP contribution in [0.4, 0.5) is 0 Å². The number of hydrogen-bond donors (Lipinski definition) is 0. The van der Waals surface area contributed by atoms with Gasteiger partial charge in [0, 0.05) is 24.1 Å². The van der Waals surface area contributed by atoms with Crippen LogP contribution in [-0.4, -0.2) is 32.6 Å². The molecule has 0 spiro atoms. The van der Waals surface area contributed by atoms with Gasteiger partial charge in [-0.25, -0.2) is 0 Å². The van der Waals surface area contributed by atoms with Crippen LogP contribution >= 0.6 is 15.9 Å². The van der Waals surface area contributed by atoms with Gasteiger partial charge in [-0.05, 0) is 38.3 Å². The van der Waals surface area contributed by atoms with Crippen molar-refractivity contribution < 1.29 is 0 Å². The maximum Gasteiger partial charge on any atom is 0.0765 e. The fourth-order valence-electron chi connectivity index (χ4n) is 2.98. The quantitative estimate of drug-likeness (QED) is 0.736. The predicted octanol–water partition coefficient (Wildman–Crippen LogP) is 3.99. The van der Waals surface area contributed by atoms with E-state index >= 15 is 0 Å². The van der Waals surface area contributed by atoms with Crippen LogP contribution < -0.4 is 0 Å². The molecule has 0 amide bonds. The second-order valence-corrected chi connectivity index (χ2v) is 6.18. The van der Waals surface area contributed by atoms with Crippen molar-refractivity contribution in [3.63, 3.8) is 0 Å². The maximum atomic E-state index is 4.77. The van der Waals surface area contributed by atoms with E-state index in [2.05, 4.69) is 51.6 Å². The molecule has 0 saturated carbocycles. The number of halogens is 1. The summed E-state index contributed by atoms with van der Waals surface area (Å²) < 4.78 is 2.16. The molecule has 1 unspecified atom stereocenters. The summed E-state index contributed by atoms with van der Waals surface area (Å²) in [7, 11) is 0. The minimum atomic E-state index is 0.557. The summed E-state index contributed by atoms with van der Waals surface area (Å²) in [5.74, 6) is 0. The van der Waals surface area contributed by atoms with Crippen LogP contribution in [0.15, 0.2) is 12.3 Å².